The molecular weight excluding hydrogens is 350 g/mol. The minimum absolute atomic E-state index is 0.159. The highest BCUT2D eigenvalue weighted by Crippen LogP contribution is 2.29. The summed E-state index contributed by atoms with van der Waals surface area (Å²) in [7, 11) is 3.06. The Morgan fingerprint density at radius 1 is 1.07 bits per heavy atom. The third-order valence-electron chi connectivity index (χ3n) is 4.63. The zero-order valence-corrected chi connectivity index (χ0v) is 15.5. The van der Waals surface area contributed by atoms with E-state index in [1.807, 2.05) is 4.90 Å². The van der Waals surface area contributed by atoms with Crippen LogP contribution < -0.4 is 35.9 Å². The van der Waals surface area contributed by atoms with Gasteiger partial charge in [-0.15, -0.1) is 0 Å². The van der Waals surface area contributed by atoms with Gasteiger partial charge in [0.15, 0.2) is 11.5 Å². The molecule has 8 nitrogen and oxygen atoms in total. The zero-order chi connectivity index (χ0) is 19.4. The van der Waals surface area contributed by atoms with Crippen LogP contribution in [0.4, 0.5) is 17.1 Å². The van der Waals surface area contributed by atoms with E-state index in [1.165, 1.54) is 7.11 Å². The number of carbonyl (C=O) groups is 1. The van der Waals surface area contributed by atoms with Gasteiger partial charge in [0.1, 0.15) is 11.4 Å². The van der Waals surface area contributed by atoms with Crippen LogP contribution in [0.2, 0.25) is 0 Å². The van der Waals surface area contributed by atoms with Gasteiger partial charge in [-0.1, -0.05) is 0 Å². The monoisotopic (exact) mass is 373 g/mol. The number of methoxy groups -OCH3 is 2. The van der Waals surface area contributed by atoms with E-state index in [9.17, 15) is 14.4 Å². The molecule has 8 heteroatoms. The highest BCUT2D eigenvalue weighted by molar-refractivity contribution is 5.91. The maximum atomic E-state index is 12.1. The van der Waals surface area contributed by atoms with Crippen molar-refractivity contribution in [1.29, 1.82) is 0 Å². The number of nitrogens with zero attached hydrogens (tertiary/aromatic N) is 1. The van der Waals surface area contributed by atoms with Gasteiger partial charge in [0.25, 0.3) is 10.9 Å². The topological polar surface area (TPSA) is 97.0 Å². The molecule has 0 aliphatic carbocycles. The largest absolute Gasteiger partial charge is 0.493 e. The zero-order valence-electron chi connectivity index (χ0n) is 15.5. The van der Waals surface area contributed by atoms with Crippen LogP contribution in [0.1, 0.15) is 19.3 Å². The second kappa shape index (κ2) is 8.11. The first kappa shape index (κ1) is 18.8. The van der Waals surface area contributed by atoms with Gasteiger partial charge in [-0.05, 0) is 25.0 Å². The van der Waals surface area contributed by atoms with Gasteiger partial charge in [0.05, 0.1) is 14.2 Å². The molecule has 1 aliphatic rings. The number of nitrogens with one attached hydrogen (secondary N) is 2. The molecule has 1 aliphatic heterocycles. The number of hydrogen-bond donors (Lipinski definition) is 2. The van der Waals surface area contributed by atoms with Gasteiger partial charge in [0.2, 0.25) is 5.91 Å². The van der Waals surface area contributed by atoms with Gasteiger partial charge >= 0.3 is 0 Å². The molecule has 1 amide bonds. The molecule has 1 fully saturated rings. The minimum atomic E-state index is -0.503. The van der Waals surface area contributed by atoms with Crippen molar-refractivity contribution in [2.24, 2.45) is 0 Å². The lowest BCUT2D eigenvalue weighted by Gasteiger charge is -2.22. The smallest absolute Gasteiger partial charge is 0.253 e. The van der Waals surface area contributed by atoms with Gasteiger partial charge in [-0.2, -0.15) is 0 Å². The van der Waals surface area contributed by atoms with Crippen LogP contribution in [0.15, 0.2) is 27.8 Å². The molecule has 1 heterocycles. The third-order valence-corrected chi connectivity index (χ3v) is 4.63. The maximum absolute atomic E-state index is 12.1. The molecule has 0 unspecified atom stereocenters. The van der Waals surface area contributed by atoms with Crippen molar-refractivity contribution in [3.63, 3.8) is 0 Å². The molecule has 2 aromatic carbocycles. The highest BCUT2D eigenvalue weighted by atomic mass is 16.5. The second-order valence-electron chi connectivity index (χ2n) is 6.37. The van der Waals surface area contributed by atoms with Crippen molar-refractivity contribution < 1.29 is 14.3 Å². The van der Waals surface area contributed by atoms with Gasteiger partial charge in [-0.3, -0.25) is 14.4 Å². The molecule has 0 aromatic heterocycles. The maximum Gasteiger partial charge on any atom is 0.253 e. The molecule has 0 spiro atoms. The Hall–Kier alpha value is -3.03. The number of anilines is 3. The van der Waals surface area contributed by atoms with E-state index in [2.05, 4.69) is 10.6 Å². The van der Waals surface area contributed by atoms with Gasteiger partial charge in [-0.25, -0.2) is 0 Å². The standard InChI is InChI=1S/C19H23N3O5/c1-26-13-6-5-12(11-14(13)27-2)21-15(23)7-8-20-16-17(19(25)18(16)24)22-9-3-4-10-22/h5-6,11,20H,3-4,7-10H2,1-2H3,(H,21,23). The Kier molecular flexibility index (Phi) is 5.63. The van der Waals surface area contributed by atoms with Crippen LogP contribution in [-0.4, -0.2) is 39.8 Å². The number of amides is 1. The van der Waals surface area contributed by atoms with Crippen molar-refractivity contribution in [2.45, 2.75) is 19.3 Å². The number of ether oxygens (including phenoxy) is 2. The predicted octanol–water partition coefficient (Wildman–Crippen LogP) is 1.34. The van der Waals surface area contributed by atoms with E-state index >= 15 is 0 Å². The van der Waals surface area contributed by atoms with Crippen molar-refractivity contribution >= 4 is 23.0 Å². The molecule has 0 saturated carbocycles. The molecule has 3 rings (SSSR count). The molecule has 27 heavy (non-hydrogen) atoms. The van der Waals surface area contributed by atoms with E-state index in [-0.39, 0.29) is 18.9 Å². The molecule has 0 bridgehead atoms. The molecule has 2 aromatic rings. The molecule has 0 atom stereocenters. The predicted molar refractivity (Wildman–Crippen MR) is 104 cm³/mol. The summed E-state index contributed by atoms with van der Waals surface area (Å²) in [5.41, 5.74) is 0.453. The number of carbonyl (C=O) groups excluding carboxylic acids is 1. The number of hydrogen-bond acceptors (Lipinski definition) is 7. The van der Waals surface area contributed by atoms with Crippen LogP contribution >= 0.6 is 0 Å². The summed E-state index contributed by atoms with van der Waals surface area (Å²) in [5.74, 6) is 0.885. The Morgan fingerprint density at radius 2 is 1.78 bits per heavy atom. The lowest BCUT2D eigenvalue weighted by atomic mass is 10.1. The van der Waals surface area contributed by atoms with E-state index in [4.69, 9.17) is 9.47 Å². The average molecular weight is 373 g/mol. The molecule has 144 valence electrons. The fourth-order valence-electron chi connectivity index (χ4n) is 3.22. The fraction of sp³-hybridized carbons (Fsp3) is 0.421. The lowest BCUT2D eigenvalue weighted by Crippen LogP contribution is -2.42. The average Bonchev–Trinajstić information content (AvgIpc) is 3.20. The summed E-state index contributed by atoms with van der Waals surface area (Å²) in [4.78, 5) is 37.7. The van der Waals surface area contributed by atoms with Gasteiger partial charge < -0.3 is 25.0 Å². The van der Waals surface area contributed by atoms with Crippen LogP contribution in [0.5, 0.6) is 11.5 Å². The van der Waals surface area contributed by atoms with E-state index in [0.717, 1.165) is 25.9 Å². The number of benzene rings is 1. The lowest BCUT2D eigenvalue weighted by molar-refractivity contribution is -0.115. The molecule has 1 saturated heterocycles. The summed E-state index contributed by atoms with van der Waals surface area (Å²) in [6.07, 6.45) is 2.20. The quantitative estimate of drug-likeness (QED) is 0.674. The van der Waals surface area contributed by atoms with Crippen molar-refractivity contribution in [3.8, 4) is 11.5 Å². The van der Waals surface area contributed by atoms with Gasteiger partial charge in [0, 0.05) is 37.8 Å². The first-order valence-electron chi connectivity index (χ1n) is 8.89. The minimum Gasteiger partial charge on any atom is -0.493 e. The Bertz CT molecular complexity index is 895. The first-order chi connectivity index (χ1) is 13.0. The summed E-state index contributed by atoms with van der Waals surface area (Å²) in [6, 6.07) is 5.10. The number of rotatable bonds is 8. The summed E-state index contributed by atoms with van der Waals surface area (Å²) in [5, 5.41) is 5.72. The second-order valence-corrected chi connectivity index (χ2v) is 6.37. The van der Waals surface area contributed by atoms with Crippen LogP contribution in [0, 0.1) is 0 Å². The highest BCUT2D eigenvalue weighted by Gasteiger charge is 2.27. The fourth-order valence-corrected chi connectivity index (χ4v) is 3.22. The van der Waals surface area contributed by atoms with Crippen molar-refractivity contribution in [3.05, 3.63) is 38.6 Å². The van der Waals surface area contributed by atoms with E-state index in [1.54, 1.807) is 25.3 Å². The SMILES string of the molecule is COc1ccc(NC(=O)CCNc2c(N3CCCC3)c(=O)c2=O)cc1OC. The van der Waals surface area contributed by atoms with Crippen LogP contribution in [0.3, 0.4) is 0 Å². The summed E-state index contributed by atoms with van der Waals surface area (Å²) < 4.78 is 10.4. The van der Waals surface area contributed by atoms with Crippen molar-refractivity contribution in [2.75, 3.05) is 49.4 Å². The third kappa shape index (κ3) is 3.89. The normalized spacial score (nSPS) is 13.6. The van der Waals surface area contributed by atoms with Crippen LogP contribution in [-0.2, 0) is 4.79 Å². The molecule has 2 N–H and O–H groups in total. The Morgan fingerprint density at radius 3 is 2.44 bits per heavy atom. The van der Waals surface area contributed by atoms with Crippen LogP contribution in [0.25, 0.3) is 0 Å². The molecular formula is C19H23N3O5. The summed E-state index contributed by atoms with van der Waals surface area (Å²) >= 11 is 0. The summed E-state index contributed by atoms with van der Waals surface area (Å²) in [6.45, 7) is 1.85. The molecule has 0 radical (unpaired) electrons. The van der Waals surface area contributed by atoms with Crippen molar-refractivity contribution in [1.82, 2.24) is 0 Å². The van der Waals surface area contributed by atoms with E-state index in [0.29, 0.717) is 28.6 Å². The Labute approximate surface area is 156 Å². The van der Waals surface area contributed by atoms with E-state index < -0.39 is 10.9 Å². The first-order valence-corrected chi connectivity index (χ1v) is 8.89. The Balaban J connectivity index is 1.54.